The van der Waals surface area contributed by atoms with Gasteiger partial charge in [0.05, 0.1) is 10.4 Å². The molecule has 1 nitrogen and oxygen atoms in total. The first kappa shape index (κ1) is 14.9. The zero-order valence-corrected chi connectivity index (χ0v) is 13.4. The summed E-state index contributed by atoms with van der Waals surface area (Å²) in [6, 6.07) is 10.2. The first-order chi connectivity index (χ1) is 9.13. The number of rotatable bonds is 5. The lowest BCUT2D eigenvalue weighted by Crippen LogP contribution is -2.22. The second kappa shape index (κ2) is 6.76. The highest BCUT2D eigenvalue weighted by atomic mass is 35.5. The minimum absolute atomic E-state index is 0.116. The second-order valence-electron chi connectivity index (χ2n) is 4.51. The highest BCUT2D eigenvalue weighted by molar-refractivity contribution is 7.16. The summed E-state index contributed by atoms with van der Waals surface area (Å²) in [5.74, 6) is 0. The normalized spacial score (nSPS) is 12.6. The molecule has 1 unspecified atom stereocenters. The van der Waals surface area contributed by atoms with Gasteiger partial charge in [0.2, 0.25) is 0 Å². The van der Waals surface area contributed by atoms with Crippen LogP contribution in [-0.4, -0.2) is 6.54 Å². The summed E-state index contributed by atoms with van der Waals surface area (Å²) >= 11 is 14.1. The van der Waals surface area contributed by atoms with E-state index in [1.54, 1.807) is 11.3 Å². The molecule has 4 heteroatoms. The van der Waals surface area contributed by atoms with Crippen LogP contribution in [0.4, 0.5) is 0 Å². The molecular weight excluding hydrogens is 297 g/mol. The average molecular weight is 314 g/mol. The molecule has 0 bridgehead atoms. The lowest BCUT2D eigenvalue weighted by Gasteiger charge is -2.18. The third-order valence-corrected chi connectivity index (χ3v) is 4.94. The van der Waals surface area contributed by atoms with E-state index in [9.17, 15) is 0 Å². The third kappa shape index (κ3) is 3.51. The van der Waals surface area contributed by atoms with E-state index < -0.39 is 0 Å². The predicted octanol–water partition coefficient (Wildman–Crippen LogP) is 5.45. The number of halogens is 2. The van der Waals surface area contributed by atoms with Gasteiger partial charge in [-0.25, -0.2) is 0 Å². The van der Waals surface area contributed by atoms with Crippen LogP contribution in [0.25, 0.3) is 0 Å². The Morgan fingerprint density at radius 3 is 2.58 bits per heavy atom. The molecule has 0 amide bonds. The van der Waals surface area contributed by atoms with Crippen LogP contribution in [0, 0.1) is 6.92 Å². The van der Waals surface area contributed by atoms with Crippen molar-refractivity contribution in [3.63, 3.8) is 0 Å². The van der Waals surface area contributed by atoms with Crippen molar-refractivity contribution in [3.8, 4) is 0 Å². The molecule has 0 aliphatic rings. The minimum Gasteiger partial charge on any atom is -0.306 e. The number of benzene rings is 1. The Kier molecular flexibility index (Phi) is 5.28. The molecule has 1 heterocycles. The van der Waals surface area contributed by atoms with Crippen molar-refractivity contribution in [3.05, 3.63) is 55.7 Å². The fourth-order valence-corrected chi connectivity index (χ4v) is 3.54. The average Bonchev–Trinajstić information content (AvgIpc) is 2.72. The molecule has 0 aliphatic heterocycles. The second-order valence-corrected chi connectivity index (χ2v) is 6.61. The van der Waals surface area contributed by atoms with Crippen molar-refractivity contribution >= 4 is 34.5 Å². The Bertz CT molecular complexity index is 531. The van der Waals surface area contributed by atoms with Crippen LogP contribution >= 0.6 is 34.5 Å². The fourth-order valence-electron chi connectivity index (χ4n) is 1.99. The molecule has 2 aromatic rings. The van der Waals surface area contributed by atoms with Crippen LogP contribution < -0.4 is 5.32 Å². The van der Waals surface area contributed by atoms with E-state index in [1.165, 1.54) is 4.88 Å². The van der Waals surface area contributed by atoms with E-state index in [2.05, 4.69) is 24.4 Å². The van der Waals surface area contributed by atoms with Gasteiger partial charge in [-0.3, -0.25) is 0 Å². The lowest BCUT2D eigenvalue weighted by atomic mass is 10.0. The highest BCUT2D eigenvalue weighted by Crippen LogP contribution is 2.36. The number of hydrogen-bond donors (Lipinski definition) is 1. The summed E-state index contributed by atoms with van der Waals surface area (Å²) < 4.78 is 0.852. The predicted molar refractivity (Wildman–Crippen MR) is 85.7 cm³/mol. The first-order valence-corrected chi connectivity index (χ1v) is 7.94. The van der Waals surface area contributed by atoms with Gasteiger partial charge in [-0.05, 0) is 43.1 Å². The van der Waals surface area contributed by atoms with Crippen molar-refractivity contribution in [2.24, 2.45) is 0 Å². The number of hydrogen-bond acceptors (Lipinski definition) is 2. The Labute approximate surface area is 128 Å². The van der Waals surface area contributed by atoms with Crippen LogP contribution in [-0.2, 0) is 0 Å². The van der Waals surface area contributed by atoms with Gasteiger partial charge in [-0.1, -0.05) is 48.3 Å². The fraction of sp³-hybridized carbons (Fsp3) is 0.333. The summed E-state index contributed by atoms with van der Waals surface area (Å²) in [5, 5.41) is 4.34. The molecule has 0 spiro atoms. The maximum atomic E-state index is 6.33. The van der Waals surface area contributed by atoms with Crippen molar-refractivity contribution in [2.75, 3.05) is 6.54 Å². The molecule has 1 aromatic heterocycles. The molecule has 19 heavy (non-hydrogen) atoms. The van der Waals surface area contributed by atoms with Crippen LogP contribution in [0.2, 0.25) is 9.36 Å². The van der Waals surface area contributed by atoms with Gasteiger partial charge in [0.25, 0.3) is 0 Å². The summed E-state index contributed by atoms with van der Waals surface area (Å²) in [4.78, 5) is 1.21. The summed E-state index contributed by atoms with van der Waals surface area (Å²) in [5.41, 5.74) is 2.23. The van der Waals surface area contributed by atoms with Crippen molar-refractivity contribution < 1.29 is 0 Å². The molecule has 1 N–H and O–H groups in total. The smallest absolute Gasteiger partial charge is 0.0961 e. The molecule has 1 aromatic carbocycles. The molecular formula is C15H17Cl2NS. The Morgan fingerprint density at radius 1 is 1.26 bits per heavy atom. The van der Waals surface area contributed by atoms with Crippen molar-refractivity contribution in [1.29, 1.82) is 0 Å². The first-order valence-electron chi connectivity index (χ1n) is 6.37. The van der Waals surface area contributed by atoms with E-state index in [-0.39, 0.29) is 6.04 Å². The topological polar surface area (TPSA) is 12.0 Å². The van der Waals surface area contributed by atoms with Crippen molar-refractivity contribution in [2.45, 2.75) is 26.3 Å². The maximum absolute atomic E-state index is 6.33. The lowest BCUT2D eigenvalue weighted by molar-refractivity contribution is 0.606. The molecule has 0 radical (unpaired) electrons. The largest absolute Gasteiger partial charge is 0.306 e. The molecule has 2 rings (SSSR count). The molecule has 0 saturated heterocycles. The Balaban J connectivity index is 2.38. The summed E-state index contributed by atoms with van der Waals surface area (Å²) in [6.45, 7) is 5.14. The quantitative estimate of drug-likeness (QED) is 0.773. The van der Waals surface area contributed by atoms with Crippen LogP contribution in [0.15, 0.2) is 30.3 Å². The monoisotopic (exact) mass is 313 g/mol. The standard InChI is InChI=1S/C15H17Cl2NS/c1-3-8-18-14(11-6-4-5-7-12(11)16)13-9-10(2)15(17)19-13/h4-7,9,14,18H,3,8H2,1-2H3. The third-order valence-electron chi connectivity index (χ3n) is 2.98. The molecule has 1 atom stereocenters. The van der Waals surface area contributed by atoms with Gasteiger partial charge in [0.1, 0.15) is 0 Å². The van der Waals surface area contributed by atoms with Gasteiger partial charge in [0, 0.05) is 9.90 Å². The van der Waals surface area contributed by atoms with Gasteiger partial charge < -0.3 is 5.32 Å². The summed E-state index contributed by atoms with van der Waals surface area (Å²) in [6.07, 6.45) is 1.08. The van der Waals surface area contributed by atoms with Crippen molar-refractivity contribution in [1.82, 2.24) is 5.32 Å². The number of nitrogens with one attached hydrogen (secondary N) is 1. The molecule has 0 fully saturated rings. The van der Waals surface area contributed by atoms with Gasteiger partial charge in [-0.2, -0.15) is 0 Å². The van der Waals surface area contributed by atoms with E-state index >= 15 is 0 Å². The molecule has 0 saturated carbocycles. The SMILES string of the molecule is CCCNC(c1cc(C)c(Cl)s1)c1ccccc1Cl. The van der Waals surface area contributed by atoms with E-state index in [0.29, 0.717) is 0 Å². The summed E-state index contributed by atoms with van der Waals surface area (Å²) in [7, 11) is 0. The van der Waals surface area contributed by atoms with Crippen LogP contribution in [0.1, 0.15) is 35.4 Å². The van der Waals surface area contributed by atoms with Gasteiger partial charge >= 0.3 is 0 Å². The zero-order chi connectivity index (χ0) is 13.8. The zero-order valence-electron chi connectivity index (χ0n) is 11.0. The van der Waals surface area contributed by atoms with E-state index in [4.69, 9.17) is 23.2 Å². The number of thiophene rings is 1. The Morgan fingerprint density at radius 2 is 2.00 bits per heavy atom. The molecule has 102 valence electrons. The van der Waals surface area contributed by atoms with Gasteiger partial charge in [0.15, 0.2) is 0 Å². The minimum atomic E-state index is 0.116. The Hall–Kier alpha value is -0.540. The maximum Gasteiger partial charge on any atom is 0.0961 e. The van der Waals surface area contributed by atoms with Gasteiger partial charge in [-0.15, -0.1) is 11.3 Å². The van der Waals surface area contributed by atoms with Crippen LogP contribution in [0.3, 0.4) is 0 Å². The van der Waals surface area contributed by atoms with E-state index in [1.807, 2.05) is 25.1 Å². The highest BCUT2D eigenvalue weighted by Gasteiger charge is 2.19. The molecule has 0 aliphatic carbocycles. The number of aryl methyl sites for hydroxylation is 1. The van der Waals surface area contributed by atoms with Crippen LogP contribution in [0.5, 0.6) is 0 Å². The van der Waals surface area contributed by atoms with E-state index in [0.717, 1.165) is 33.5 Å².